The van der Waals surface area contributed by atoms with Gasteiger partial charge in [-0.3, -0.25) is 14.9 Å². The van der Waals surface area contributed by atoms with Crippen molar-refractivity contribution in [1.82, 2.24) is 5.32 Å². The Morgan fingerprint density at radius 1 is 0.784 bits per heavy atom. The molecule has 3 aromatic carbocycles. The highest BCUT2D eigenvalue weighted by molar-refractivity contribution is 7.80. The number of benzene rings is 3. The van der Waals surface area contributed by atoms with Crippen LogP contribution >= 0.6 is 12.2 Å². The number of thiocarbonyl (C=S) groups is 1. The quantitative estimate of drug-likeness (QED) is 0.173. The molecule has 0 aromatic heterocycles. The van der Waals surface area contributed by atoms with Gasteiger partial charge in [0.15, 0.2) is 5.11 Å². The summed E-state index contributed by atoms with van der Waals surface area (Å²) >= 11 is 5.29. The Morgan fingerprint density at radius 3 is 2.11 bits per heavy atom. The lowest BCUT2D eigenvalue weighted by Crippen LogP contribution is -2.34. The minimum atomic E-state index is -0.300. The first-order valence-corrected chi connectivity index (χ1v) is 13.2. The third kappa shape index (κ3) is 10.4. The van der Waals surface area contributed by atoms with Gasteiger partial charge in [0.1, 0.15) is 5.75 Å². The molecule has 3 rings (SSSR count). The molecule has 0 radical (unpaired) electrons. The molecule has 0 unspecified atom stereocenters. The summed E-state index contributed by atoms with van der Waals surface area (Å²) in [7, 11) is 0. The Hall–Kier alpha value is -3.71. The summed E-state index contributed by atoms with van der Waals surface area (Å²) in [6, 6.07) is 24.1. The van der Waals surface area contributed by atoms with Crippen LogP contribution in [0.1, 0.15) is 61.4 Å². The largest absolute Gasteiger partial charge is 0.494 e. The molecule has 0 aliphatic heterocycles. The van der Waals surface area contributed by atoms with Crippen LogP contribution in [0.4, 0.5) is 11.4 Å². The number of carbonyl (C=O) groups excluding carboxylic acids is 2. The first kappa shape index (κ1) is 27.9. The van der Waals surface area contributed by atoms with Gasteiger partial charge in [-0.15, -0.1) is 0 Å². The molecule has 0 saturated heterocycles. The van der Waals surface area contributed by atoms with E-state index in [2.05, 4.69) is 22.9 Å². The zero-order chi connectivity index (χ0) is 26.3. The van der Waals surface area contributed by atoms with Crippen molar-refractivity contribution in [3.63, 3.8) is 0 Å². The molecule has 0 aliphatic carbocycles. The first-order valence-electron chi connectivity index (χ1n) is 12.8. The highest BCUT2D eigenvalue weighted by Gasteiger charge is 2.09. The number of carbonyl (C=O) groups is 2. The lowest BCUT2D eigenvalue weighted by molar-refractivity contribution is -0.116. The summed E-state index contributed by atoms with van der Waals surface area (Å²) in [5, 5.41) is 8.77. The van der Waals surface area contributed by atoms with E-state index in [4.69, 9.17) is 17.0 Å². The number of aryl methyl sites for hydroxylation is 1. The average molecular weight is 518 g/mol. The second kappa shape index (κ2) is 15.4. The monoisotopic (exact) mass is 517 g/mol. The third-order valence-corrected chi connectivity index (χ3v) is 5.97. The number of unbranched alkanes of at least 4 members (excludes halogenated alkanes) is 4. The summed E-state index contributed by atoms with van der Waals surface area (Å²) < 4.78 is 5.75. The van der Waals surface area contributed by atoms with Crippen molar-refractivity contribution < 1.29 is 14.3 Å². The minimum Gasteiger partial charge on any atom is -0.494 e. The summed E-state index contributed by atoms with van der Waals surface area (Å²) in [4.78, 5) is 24.8. The number of hydrogen-bond donors (Lipinski definition) is 3. The van der Waals surface area contributed by atoms with E-state index in [1.807, 2.05) is 30.3 Å². The molecular formula is C30H35N3O3S. The van der Waals surface area contributed by atoms with Crippen LogP contribution < -0.4 is 20.7 Å². The number of amides is 2. The Morgan fingerprint density at radius 2 is 1.43 bits per heavy atom. The fourth-order valence-corrected chi connectivity index (χ4v) is 3.91. The summed E-state index contributed by atoms with van der Waals surface area (Å²) in [5.74, 6) is 0.404. The Kier molecular flexibility index (Phi) is 11.6. The van der Waals surface area contributed by atoms with Gasteiger partial charge < -0.3 is 15.4 Å². The van der Waals surface area contributed by atoms with Crippen LogP contribution in [0.15, 0.2) is 78.9 Å². The summed E-state index contributed by atoms with van der Waals surface area (Å²) in [5.41, 5.74) is 3.02. The predicted octanol–water partition coefficient (Wildman–Crippen LogP) is 6.73. The Balaban J connectivity index is 1.38. The molecule has 0 spiro atoms. The number of rotatable bonds is 13. The van der Waals surface area contributed by atoms with Crippen LogP contribution in [0.25, 0.3) is 0 Å². The van der Waals surface area contributed by atoms with Gasteiger partial charge in [0.05, 0.1) is 6.61 Å². The van der Waals surface area contributed by atoms with Gasteiger partial charge in [0, 0.05) is 23.4 Å². The van der Waals surface area contributed by atoms with Crippen LogP contribution in [0.5, 0.6) is 5.75 Å². The normalized spacial score (nSPS) is 10.4. The number of ether oxygens (including phenoxy) is 1. The Labute approximate surface area is 224 Å². The molecule has 0 aliphatic rings. The van der Waals surface area contributed by atoms with E-state index in [0.29, 0.717) is 36.4 Å². The maximum Gasteiger partial charge on any atom is 0.257 e. The van der Waals surface area contributed by atoms with Gasteiger partial charge in [-0.25, -0.2) is 0 Å². The highest BCUT2D eigenvalue weighted by atomic mass is 32.1. The van der Waals surface area contributed by atoms with E-state index in [-0.39, 0.29) is 16.9 Å². The predicted molar refractivity (Wildman–Crippen MR) is 154 cm³/mol. The summed E-state index contributed by atoms with van der Waals surface area (Å²) in [6.45, 7) is 2.88. The van der Waals surface area contributed by atoms with Crippen LogP contribution in [0.3, 0.4) is 0 Å². The van der Waals surface area contributed by atoms with Crippen LogP contribution in [0.2, 0.25) is 0 Å². The molecule has 3 N–H and O–H groups in total. The fourth-order valence-electron chi connectivity index (χ4n) is 3.70. The molecule has 7 heteroatoms. The van der Waals surface area contributed by atoms with Gasteiger partial charge in [-0.05, 0) is 79.2 Å². The van der Waals surface area contributed by atoms with Crippen molar-refractivity contribution >= 4 is 40.5 Å². The van der Waals surface area contributed by atoms with E-state index in [1.165, 1.54) is 25.7 Å². The second-order valence-electron chi connectivity index (χ2n) is 8.81. The molecule has 0 atom stereocenters. The van der Waals surface area contributed by atoms with Crippen molar-refractivity contribution in [2.75, 3.05) is 17.2 Å². The third-order valence-electron chi connectivity index (χ3n) is 5.77. The molecule has 0 saturated carbocycles. The average Bonchev–Trinajstić information content (AvgIpc) is 2.91. The van der Waals surface area contributed by atoms with E-state index < -0.39 is 0 Å². The van der Waals surface area contributed by atoms with Crippen molar-refractivity contribution in [1.29, 1.82) is 0 Å². The SMILES string of the molecule is CCCCCCCOc1ccc(C(=O)NC(=S)Nc2ccc(NC(=O)CCc3ccccc3)cc2)cc1. The fraction of sp³-hybridized carbons (Fsp3) is 0.300. The number of anilines is 2. The van der Waals surface area contributed by atoms with Gasteiger partial charge >= 0.3 is 0 Å². The molecule has 0 bridgehead atoms. The van der Waals surface area contributed by atoms with Crippen molar-refractivity contribution in [2.24, 2.45) is 0 Å². The Bertz CT molecular complexity index is 1130. The topological polar surface area (TPSA) is 79.5 Å². The van der Waals surface area contributed by atoms with Crippen molar-refractivity contribution in [3.8, 4) is 5.75 Å². The van der Waals surface area contributed by atoms with Crippen molar-refractivity contribution in [3.05, 3.63) is 90.0 Å². The maximum absolute atomic E-state index is 12.5. The zero-order valence-electron chi connectivity index (χ0n) is 21.3. The number of nitrogens with one attached hydrogen (secondary N) is 3. The first-order chi connectivity index (χ1) is 18.0. The van der Waals surface area contributed by atoms with Gasteiger partial charge in [0.2, 0.25) is 5.91 Å². The lowest BCUT2D eigenvalue weighted by Gasteiger charge is -2.11. The molecule has 0 heterocycles. The molecule has 6 nitrogen and oxygen atoms in total. The second-order valence-corrected chi connectivity index (χ2v) is 9.21. The molecular weight excluding hydrogens is 482 g/mol. The standard InChI is InChI=1S/C30H35N3O3S/c1-2-3-4-5-9-22-36-27-19-13-24(14-20-27)29(35)33-30(37)32-26-17-15-25(16-18-26)31-28(34)21-12-23-10-7-6-8-11-23/h6-8,10-11,13-20H,2-5,9,12,21-22H2,1H3,(H,31,34)(H2,32,33,35,37). The lowest BCUT2D eigenvalue weighted by atomic mass is 10.1. The van der Waals surface area contributed by atoms with Crippen molar-refractivity contribution in [2.45, 2.75) is 51.9 Å². The highest BCUT2D eigenvalue weighted by Crippen LogP contribution is 2.16. The smallest absolute Gasteiger partial charge is 0.257 e. The van der Waals surface area contributed by atoms with Gasteiger partial charge in [-0.2, -0.15) is 0 Å². The summed E-state index contributed by atoms with van der Waals surface area (Å²) in [6.07, 6.45) is 7.03. The van der Waals surface area contributed by atoms with Crippen LogP contribution in [0, 0.1) is 0 Å². The van der Waals surface area contributed by atoms with E-state index in [1.54, 1.807) is 48.5 Å². The zero-order valence-corrected chi connectivity index (χ0v) is 22.1. The van der Waals surface area contributed by atoms with Gasteiger partial charge in [-0.1, -0.05) is 62.9 Å². The molecule has 0 fully saturated rings. The van der Waals surface area contributed by atoms with E-state index in [0.717, 1.165) is 17.7 Å². The molecule has 3 aromatic rings. The maximum atomic E-state index is 12.5. The van der Waals surface area contributed by atoms with Gasteiger partial charge in [0.25, 0.3) is 5.91 Å². The number of hydrogen-bond acceptors (Lipinski definition) is 4. The minimum absolute atomic E-state index is 0.0456. The molecule has 194 valence electrons. The van der Waals surface area contributed by atoms with E-state index in [9.17, 15) is 9.59 Å². The molecule has 37 heavy (non-hydrogen) atoms. The van der Waals surface area contributed by atoms with E-state index >= 15 is 0 Å². The van der Waals surface area contributed by atoms with Crippen LogP contribution in [-0.4, -0.2) is 23.5 Å². The van der Waals surface area contributed by atoms with Crippen LogP contribution in [-0.2, 0) is 11.2 Å². The molecule has 2 amide bonds.